The number of morpholine rings is 1. The maximum atomic E-state index is 12.1. The van der Waals surface area contributed by atoms with Gasteiger partial charge in [-0.3, -0.25) is 4.90 Å². The number of rotatable bonds is 5. The van der Waals surface area contributed by atoms with Crippen molar-refractivity contribution >= 4 is 6.09 Å². The molecule has 1 amide bonds. The van der Waals surface area contributed by atoms with Gasteiger partial charge in [0.25, 0.3) is 0 Å². The van der Waals surface area contributed by atoms with Crippen molar-refractivity contribution in [2.75, 3.05) is 19.8 Å². The third kappa shape index (κ3) is 5.36. The SMILES string of the molecule is Cn1cccc1C1COCCN1Cc1nc(C(C)(C)NC(=O)OC(C)(C)C)no1. The zero-order valence-electron chi connectivity index (χ0n) is 18.1. The quantitative estimate of drug-likeness (QED) is 0.817. The van der Waals surface area contributed by atoms with Gasteiger partial charge in [0.2, 0.25) is 5.89 Å². The van der Waals surface area contributed by atoms with Gasteiger partial charge in [0, 0.05) is 25.5 Å². The van der Waals surface area contributed by atoms with E-state index in [1.807, 2.05) is 53.9 Å². The Bertz CT molecular complexity index is 836. The monoisotopic (exact) mass is 405 g/mol. The lowest BCUT2D eigenvalue weighted by atomic mass is 10.1. The van der Waals surface area contributed by atoms with Crippen LogP contribution in [0.1, 0.15) is 58.1 Å². The molecule has 2 aromatic rings. The number of amides is 1. The first kappa shape index (κ1) is 21.3. The molecule has 9 heteroatoms. The van der Waals surface area contributed by atoms with Crippen molar-refractivity contribution in [3.8, 4) is 0 Å². The lowest BCUT2D eigenvalue weighted by Crippen LogP contribution is -2.44. The molecule has 1 aliphatic heterocycles. The van der Waals surface area contributed by atoms with E-state index in [1.165, 1.54) is 5.69 Å². The molecule has 1 atom stereocenters. The van der Waals surface area contributed by atoms with E-state index in [4.69, 9.17) is 14.0 Å². The maximum absolute atomic E-state index is 12.1. The van der Waals surface area contributed by atoms with E-state index in [9.17, 15) is 4.79 Å². The highest BCUT2D eigenvalue weighted by Crippen LogP contribution is 2.26. The number of aromatic nitrogens is 3. The zero-order chi connectivity index (χ0) is 21.2. The summed E-state index contributed by atoms with van der Waals surface area (Å²) in [5.41, 5.74) is -0.228. The third-order valence-corrected chi connectivity index (χ3v) is 4.74. The van der Waals surface area contributed by atoms with Crippen molar-refractivity contribution in [3.05, 3.63) is 35.7 Å². The lowest BCUT2D eigenvalue weighted by Gasteiger charge is -2.34. The number of nitrogens with one attached hydrogen (secondary N) is 1. The molecule has 160 valence electrons. The number of carbonyl (C=O) groups is 1. The Kier molecular flexibility index (Phi) is 6.00. The fraction of sp³-hybridized carbons (Fsp3) is 0.650. The molecule has 0 aromatic carbocycles. The minimum absolute atomic E-state index is 0.118. The van der Waals surface area contributed by atoms with Crippen molar-refractivity contribution in [2.45, 2.75) is 58.3 Å². The topological polar surface area (TPSA) is 94.7 Å². The van der Waals surface area contributed by atoms with Gasteiger partial charge in [-0.25, -0.2) is 4.79 Å². The van der Waals surface area contributed by atoms with Gasteiger partial charge in [-0.1, -0.05) is 5.16 Å². The molecule has 0 saturated carbocycles. The summed E-state index contributed by atoms with van der Waals surface area (Å²) in [6, 6.07) is 4.24. The number of ether oxygens (including phenoxy) is 2. The summed E-state index contributed by atoms with van der Waals surface area (Å²) in [5.74, 6) is 0.905. The Hall–Kier alpha value is -2.39. The van der Waals surface area contributed by atoms with Crippen molar-refractivity contribution in [2.24, 2.45) is 7.05 Å². The van der Waals surface area contributed by atoms with Crippen LogP contribution in [-0.4, -0.2) is 51.1 Å². The highest BCUT2D eigenvalue weighted by molar-refractivity contribution is 5.68. The van der Waals surface area contributed by atoms with E-state index in [2.05, 4.69) is 31.0 Å². The van der Waals surface area contributed by atoms with Crippen LogP contribution >= 0.6 is 0 Å². The van der Waals surface area contributed by atoms with Gasteiger partial charge in [0.15, 0.2) is 5.82 Å². The number of alkyl carbamates (subject to hydrolysis) is 1. The maximum Gasteiger partial charge on any atom is 0.408 e. The first-order valence-electron chi connectivity index (χ1n) is 9.82. The van der Waals surface area contributed by atoms with Crippen molar-refractivity contribution in [1.29, 1.82) is 0 Å². The minimum atomic E-state index is -0.827. The third-order valence-electron chi connectivity index (χ3n) is 4.74. The van der Waals surface area contributed by atoms with Gasteiger partial charge < -0.3 is 23.9 Å². The molecule has 1 unspecified atom stereocenters. The molecule has 3 heterocycles. The van der Waals surface area contributed by atoms with Crippen molar-refractivity contribution in [3.63, 3.8) is 0 Å². The van der Waals surface area contributed by atoms with E-state index in [-0.39, 0.29) is 6.04 Å². The second kappa shape index (κ2) is 8.16. The molecule has 1 fully saturated rings. The predicted molar refractivity (Wildman–Crippen MR) is 106 cm³/mol. The molecule has 9 nitrogen and oxygen atoms in total. The Morgan fingerprint density at radius 1 is 1.34 bits per heavy atom. The Morgan fingerprint density at radius 2 is 2.10 bits per heavy atom. The normalized spacial score (nSPS) is 18.6. The molecule has 3 rings (SSSR count). The van der Waals surface area contributed by atoms with Crippen molar-refractivity contribution in [1.82, 2.24) is 24.9 Å². The van der Waals surface area contributed by atoms with Crippen molar-refractivity contribution < 1.29 is 18.8 Å². The second-order valence-corrected chi connectivity index (χ2v) is 8.87. The molecule has 1 saturated heterocycles. The van der Waals surface area contributed by atoms with E-state index in [1.54, 1.807) is 0 Å². The summed E-state index contributed by atoms with van der Waals surface area (Å²) in [5, 5.41) is 6.89. The number of hydrogen-bond donors (Lipinski definition) is 1. The molecule has 1 N–H and O–H groups in total. The van der Waals surface area contributed by atoms with Crippen LogP contribution in [-0.2, 0) is 28.6 Å². The zero-order valence-corrected chi connectivity index (χ0v) is 18.1. The Balaban J connectivity index is 1.69. The smallest absolute Gasteiger partial charge is 0.408 e. The average molecular weight is 405 g/mol. The Labute approximate surface area is 171 Å². The molecular weight excluding hydrogens is 374 g/mol. The molecule has 29 heavy (non-hydrogen) atoms. The fourth-order valence-electron chi connectivity index (χ4n) is 3.28. The van der Waals surface area contributed by atoms with Crippen LogP contribution < -0.4 is 5.32 Å². The molecule has 0 radical (unpaired) electrons. The van der Waals surface area contributed by atoms with Crippen LogP contribution in [0, 0.1) is 0 Å². The molecular formula is C20H31N5O4. The van der Waals surface area contributed by atoms with Crippen LogP contribution in [0.2, 0.25) is 0 Å². The largest absolute Gasteiger partial charge is 0.444 e. The van der Waals surface area contributed by atoms with Gasteiger partial charge in [0.05, 0.1) is 25.8 Å². The fourth-order valence-corrected chi connectivity index (χ4v) is 3.28. The number of nitrogens with zero attached hydrogens (tertiary/aromatic N) is 4. The summed E-state index contributed by atoms with van der Waals surface area (Å²) < 4.78 is 18.6. The molecule has 0 bridgehead atoms. The van der Waals surface area contributed by atoms with Crippen LogP contribution in [0.15, 0.2) is 22.9 Å². The number of hydrogen-bond acceptors (Lipinski definition) is 7. The van der Waals surface area contributed by atoms with E-state index in [0.29, 0.717) is 31.5 Å². The van der Waals surface area contributed by atoms with Crippen LogP contribution in [0.3, 0.4) is 0 Å². The second-order valence-electron chi connectivity index (χ2n) is 8.87. The van der Waals surface area contributed by atoms with Crippen LogP contribution in [0.5, 0.6) is 0 Å². The van der Waals surface area contributed by atoms with Gasteiger partial charge in [-0.2, -0.15) is 4.98 Å². The highest BCUT2D eigenvalue weighted by atomic mass is 16.6. The summed E-state index contributed by atoms with van der Waals surface area (Å²) in [6.45, 7) is 11.6. The number of carbonyl (C=O) groups excluding carboxylic acids is 1. The molecule has 0 spiro atoms. The number of aryl methyl sites for hydroxylation is 1. The summed E-state index contributed by atoms with van der Waals surface area (Å²) in [6.07, 6.45) is 1.50. The van der Waals surface area contributed by atoms with E-state index < -0.39 is 17.2 Å². The van der Waals surface area contributed by atoms with E-state index >= 15 is 0 Å². The average Bonchev–Trinajstić information content (AvgIpc) is 3.22. The molecule has 1 aliphatic rings. The highest BCUT2D eigenvalue weighted by Gasteiger charge is 2.32. The summed E-state index contributed by atoms with van der Waals surface area (Å²) in [7, 11) is 2.03. The van der Waals surface area contributed by atoms with E-state index in [0.717, 1.165) is 6.54 Å². The summed E-state index contributed by atoms with van der Waals surface area (Å²) >= 11 is 0. The van der Waals surface area contributed by atoms with Gasteiger partial charge >= 0.3 is 6.09 Å². The first-order chi connectivity index (χ1) is 13.5. The van der Waals surface area contributed by atoms with Crippen LogP contribution in [0.25, 0.3) is 0 Å². The standard InChI is InChI=1S/C20H31N5O4/c1-19(2,3)28-18(26)22-20(4,5)17-21-16(29-23-17)12-25-10-11-27-13-15(25)14-8-7-9-24(14)6/h7-9,15H,10-13H2,1-6H3,(H,22,26). The lowest BCUT2D eigenvalue weighted by molar-refractivity contribution is -0.0192. The van der Waals surface area contributed by atoms with Gasteiger partial charge in [-0.15, -0.1) is 0 Å². The summed E-state index contributed by atoms with van der Waals surface area (Å²) in [4.78, 5) is 18.9. The van der Waals surface area contributed by atoms with Gasteiger partial charge in [0.1, 0.15) is 11.1 Å². The minimum Gasteiger partial charge on any atom is -0.444 e. The molecule has 2 aromatic heterocycles. The first-order valence-corrected chi connectivity index (χ1v) is 9.82. The Morgan fingerprint density at radius 3 is 2.76 bits per heavy atom. The van der Waals surface area contributed by atoms with Crippen LogP contribution in [0.4, 0.5) is 4.79 Å². The van der Waals surface area contributed by atoms with Gasteiger partial charge in [-0.05, 0) is 46.8 Å². The predicted octanol–water partition coefficient (Wildman–Crippen LogP) is 2.74. The molecule has 0 aliphatic carbocycles.